The molecule has 1 amide bonds. The van der Waals surface area contributed by atoms with Gasteiger partial charge >= 0.3 is 5.97 Å². The topological polar surface area (TPSA) is 96.1 Å². The number of amides is 1. The van der Waals surface area contributed by atoms with Crippen molar-refractivity contribution in [3.8, 4) is 11.5 Å². The summed E-state index contributed by atoms with van der Waals surface area (Å²) < 4.78 is 13.4. The second kappa shape index (κ2) is 8.33. The van der Waals surface area contributed by atoms with Crippen LogP contribution < -0.4 is 14.8 Å². The van der Waals surface area contributed by atoms with E-state index in [1.165, 1.54) is 11.9 Å². The van der Waals surface area contributed by atoms with Crippen molar-refractivity contribution in [1.29, 1.82) is 0 Å². The number of aliphatic hydroxyl groups is 1. The van der Waals surface area contributed by atoms with Gasteiger partial charge in [0, 0.05) is 17.9 Å². The van der Waals surface area contributed by atoms with Gasteiger partial charge in [0.15, 0.2) is 11.5 Å². The van der Waals surface area contributed by atoms with E-state index >= 15 is 0 Å². The lowest BCUT2D eigenvalue weighted by Gasteiger charge is -2.35. The molecule has 1 saturated heterocycles. The maximum atomic E-state index is 13.3. The van der Waals surface area contributed by atoms with Crippen molar-refractivity contribution in [3.05, 3.63) is 53.6 Å². The Morgan fingerprint density at radius 2 is 1.94 bits per heavy atom. The van der Waals surface area contributed by atoms with Gasteiger partial charge in [-0.05, 0) is 41.6 Å². The molecule has 2 N–H and O–H groups in total. The van der Waals surface area contributed by atoms with Crippen molar-refractivity contribution in [2.24, 2.45) is 0 Å². The minimum atomic E-state index is -1.80. The van der Waals surface area contributed by atoms with Gasteiger partial charge in [-0.1, -0.05) is 37.3 Å². The van der Waals surface area contributed by atoms with Gasteiger partial charge in [0.25, 0.3) is 0 Å². The second-order valence-corrected chi connectivity index (χ2v) is 8.79. The molecule has 3 heterocycles. The number of ether oxygens (including phenoxy) is 2. The zero-order chi connectivity index (χ0) is 21.4. The van der Waals surface area contributed by atoms with Crippen LogP contribution in [0.5, 0.6) is 11.5 Å². The molecule has 0 radical (unpaired) electrons. The molecule has 1 unspecified atom stereocenters. The molecule has 8 nitrogen and oxygen atoms in total. The minimum absolute atomic E-state index is 0.191. The van der Waals surface area contributed by atoms with Gasteiger partial charge in [0.2, 0.25) is 5.91 Å². The summed E-state index contributed by atoms with van der Waals surface area (Å²) in [6.45, 7) is 3.74. The van der Waals surface area contributed by atoms with Crippen LogP contribution in [0, 0.1) is 0 Å². The highest BCUT2D eigenvalue weighted by molar-refractivity contribution is 7.97. The van der Waals surface area contributed by atoms with Crippen molar-refractivity contribution in [2.75, 3.05) is 19.8 Å². The molecule has 0 saturated carbocycles. The molecule has 0 aliphatic carbocycles. The summed E-state index contributed by atoms with van der Waals surface area (Å²) in [4.78, 5) is 23.9. The van der Waals surface area contributed by atoms with Crippen molar-refractivity contribution in [1.82, 2.24) is 9.62 Å². The minimum Gasteiger partial charge on any atom is -0.486 e. The summed E-state index contributed by atoms with van der Waals surface area (Å²) in [6.07, 6.45) is 0.904. The lowest BCUT2D eigenvalue weighted by Crippen LogP contribution is -2.54. The molecule has 0 spiro atoms. The number of carbonyl (C=O) groups is 1. The Morgan fingerprint density at radius 3 is 2.61 bits per heavy atom. The number of likely N-dealkylation sites (N-methyl/N-ethyl adjacent to an activating group) is 1. The van der Waals surface area contributed by atoms with Crippen LogP contribution in [0.4, 0.5) is 0 Å². The highest BCUT2D eigenvalue weighted by Crippen LogP contribution is 2.42. The first-order valence-electron chi connectivity index (χ1n) is 10.4. The van der Waals surface area contributed by atoms with Crippen molar-refractivity contribution in [2.45, 2.75) is 42.7 Å². The average Bonchev–Trinajstić information content (AvgIpc) is 3.55. The van der Waals surface area contributed by atoms with Crippen molar-refractivity contribution < 1.29 is 29.1 Å². The fourth-order valence-corrected chi connectivity index (χ4v) is 5.01. The van der Waals surface area contributed by atoms with E-state index in [9.17, 15) is 9.90 Å². The summed E-state index contributed by atoms with van der Waals surface area (Å²) in [7, 11) is 0. The zero-order valence-electron chi connectivity index (χ0n) is 17.1. The van der Waals surface area contributed by atoms with Gasteiger partial charge < -0.3 is 19.9 Å². The fourth-order valence-electron chi connectivity index (χ4n) is 3.91. The summed E-state index contributed by atoms with van der Waals surface area (Å²) in [5.74, 6) is -0.536. The molecule has 1 fully saturated rings. The number of hydrogen-bond acceptors (Lipinski definition) is 8. The van der Waals surface area contributed by atoms with Crippen LogP contribution in [0.1, 0.15) is 18.1 Å². The monoisotopic (exact) mass is 444 g/mol. The van der Waals surface area contributed by atoms with E-state index < -0.39 is 18.1 Å². The molecule has 31 heavy (non-hydrogen) atoms. The molecule has 5 rings (SSSR count). The van der Waals surface area contributed by atoms with Crippen LogP contribution in [-0.4, -0.2) is 53.1 Å². The van der Waals surface area contributed by atoms with Crippen molar-refractivity contribution >= 4 is 17.9 Å². The molecule has 3 aliphatic heterocycles. The van der Waals surface area contributed by atoms with Crippen LogP contribution in [0.15, 0.2) is 47.4 Å². The molecule has 0 bridgehead atoms. The first-order valence-corrected chi connectivity index (χ1v) is 11.1. The van der Waals surface area contributed by atoms with Crippen LogP contribution in [0.3, 0.4) is 0 Å². The Hall–Kier alpha value is -2.30. The predicted molar refractivity (Wildman–Crippen MR) is 112 cm³/mol. The summed E-state index contributed by atoms with van der Waals surface area (Å²) >= 11 is 1.53. The number of carbonyl (C=O) groups excluding carboxylic acids is 1. The lowest BCUT2D eigenvalue weighted by molar-refractivity contribution is -0.128. The van der Waals surface area contributed by atoms with Gasteiger partial charge in [-0.3, -0.25) is 4.79 Å². The largest absolute Gasteiger partial charge is 0.486 e. The van der Waals surface area contributed by atoms with Crippen molar-refractivity contribution in [3.63, 3.8) is 0 Å². The predicted octanol–water partition coefficient (Wildman–Crippen LogP) is 2.05. The van der Waals surface area contributed by atoms with Crippen LogP contribution in [0.25, 0.3) is 0 Å². The number of nitrogens with zero attached hydrogens (tertiary/aromatic N) is 1. The molecule has 2 aromatic carbocycles. The summed E-state index contributed by atoms with van der Waals surface area (Å²) in [5.41, 5.74) is 2.00. The SMILES string of the molecule is CCN1Sc2cc3c(cc2CC1C(=O)N[C@@H](Cc1ccccc1)C1(O)OO1)OCCO3. The van der Waals surface area contributed by atoms with Gasteiger partial charge in [-0.15, -0.1) is 0 Å². The third kappa shape index (κ3) is 4.24. The van der Waals surface area contributed by atoms with E-state index in [1.54, 1.807) is 0 Å². The molecule has 2 aromatic rings. The van der Waals surface area contributed by atoms with Crippen LogP contribution in [-0.2, 0) is 27.4 Å². The highest BCUT2D eigenvalue weighted by atomic mass is 32.2. The molecule has 9 heteroatoms. The Morgan fingerprint density at radius 1 is 1.23 bits per heavy atom. The lowest BCUT2D eigenvalue weighted by atomic mass is 10.0. The zero-order valence-corrected chi connectivity index (χ0v) is 17.9. The van der Waals surface area contributed by atoms with Gasteiger partial charge in [0.05, 0.1) is 0 Å². The van der Waals surface area contributed by atoms with E-state index in [0.717, 1.165) is 21.8 Å². The fraction of sp³-hybridized carbons (Fsp3) is 0.409. The maximum absolute atomic E-state index is 13.3. The molecule has 164 valence electrons. The van der Waals surface area contributed by atoms with E-state index in [1.807, 2.05) is 53.7 Å². The third-order valence-electron chi connectivity index (χ3n) is 5.61. The summed E-state index contributed by atoms with van der Waals surface area (Å²) in [5, 5.41) is 13.3. The Labute approximate surface area is 184 Å². The normalized spacial score (nSPS) is 22.3. The molecular weight excluding hydrogens is 420 g/mol. The highest BCUT2D eigenvalue weighted by Gasteiger charge is 2.56. The quantitative estimate of drug-likeness (QED) is 0.397. The standard InChI is InChI=1S/C22H24N2O6S/c1-2-24-16(11-15-12-17-18(13-19(15)31-24)28-9-8-27-17)21(25)23-20(22(26)29-30-22)10-14-6-4-3-5-7-14/h3-7,12-13,16,20,26H,2,8-11H2,1H3,(H,23,25)/t16?,20-/m0/s1. The Kier molecular flexibility index (Phi) is 5.53. The summed E-state index contributed by atoms with van der Waals surface area (Å²) in [6, 6.07) is 12.4. The first-order chi connectivity index (χ1) is 15.1. The number of hydrogen-bond donors (Lipinski definition) is 2. The van der Waals surface area contributed by atoms with E-state index in [4.69, 9.17) is 19.2 Å². The first kappa shape index (κ1) is 20.6. The van der Waals surface area contributed by atoms with E-state index in [-0.39, 0.29) is 5.91 Å². The Bertz CT molecular complexity index is 968. The van der Waals surface area contributed by atoms with E-state index in [0.29, 0.717) is 38.3 Å². The number of fused-ring (bicyclic) bond motifs is 2. The molecule has 0 aromatic heterocycles. The Balaban J connectivity index is 1.35. The van der Waals surface area contributed by atoms with Gasteiger partial charge in [0.1, 0.15) is 25.3 Å². The number of rotatable bonds is 6. The van der Waals surface area contributed by atoms with Gasteiger partial charge in [-0.2, -0.15) is 9.78 Å². The molecular formula is C22H24N2O6S. The van der Waals surface area contributed by atoms with Crippen LogP contribution >= 0.6 is 11.9 Å². The number of nitrogens with one attached hydrogen (secondary N) is 1. The smallest absolute Gasteiger partial charge is 0.358 e. The second-order valence-electron chi connectivity index (χ2n) is 7.70. The van der Waals surface area contributed by atoms with E-state index in [2.05, 4.69) is 5.32 Å². The molecule has 2 atom stereocenters. The third-order valence-corrected chi connectivity index (χ3v) is 6.93. The number of benzene rings is 2. The maximum Gasteiger partial charge on any atom is 0.358 e. The van der Waals surface area contributed by atoms with Gasteiger partial charge in [-0.25, -0.2) is 4.31 Å². The van der Waals surface area contributed by atoms with Crippen LogP contribution in [0.2, 0.25) is 0 Å². The molecule has 3 aliphatic rings. The average molecular weight is 445 g/mol.